The monoisotopic (exact) mass is 286 g/mol. The van der Waals surface area contributed by atoms with Crippen molar-refractivity contribution in [2.24, 2.45) is 10.9 Å². The molecule has 20 heavy (non-hydrogen) atoms. The molecular formula is C12H10N6OS. The zero-order valence-corrected chi connectivity index (χ0v) is 11.0. The second kappa shape index (κ2) is 5.17. The lowest BCUT2D eigenvalue weighted by atomic mass is 10.2. The van der Waals surface area contributed by atoms with E-state index in [9.17, 15) is 0 Å². The molecule has 0 spiro atoms. The van der Waals surface area contributed by atoms with Gasteiger partial charge in [0.25, 0.3) is 0 Å². The first-order chi connectivity index (χ1) is 9.78. The molecule has 0 saturated heterocycles. The highest BCUT2D eigenvalue weighted by Gasteiger charge is 2.09. The second-order valence-corrected chi connectivity index (χ2v) is 4.87. The first kappa shape index (κ1) is 12.4. The third-order valence-electron chi connectivity index (χ3n) is 2.62. The van der Waals surface area contributed by atoms with Crippen molar-refractivity contribution >= 4 is 23.2 Å². The Morgan fingerprint density at radius 3 is 3.05 bits per heavy atom. The zero-order chi connectivity index (χ0) is 13.9. The minimum Gasteiger partial charge on any atom is -0.409 e. The fourth-order valence-electron chi connectivity index (χ4n) is 1.66. The van der Waals surface area contributed by atoms with Gasteiger partial charge in [0.05, 0.1) is 0 Å². The van der Waals surface area contributed by atoms with Crippen molar-refractivity contribution in [3.05, 3.63) is 48.3 Å². The molecule has 0 unspecified atom stereocenters. The number of hydrogen-bond acceptors (Lipinski definition) is 6. The van der Waals surface area contributed by atoms with E-state index in [4.69, 9.17) is 10.9 Å². The molecule has 3 N–H and O–H groups in total. The fourth-order valence-corrected chi connectivity index (χ4v) is 2.49. The van der Waals surface area contributed by atoms with Gasteiger partial charge in [0, 0.05) is 18.0 Å². The molecule has 0 aliphatic heterocycles. The largest absolute Gasteiger partial charge is 0.409 e. The summed E-state index contributed by atoms with van der Waals surface area (Å²) in [4.78, 5) is 4.23. The summed E-state index contributed by atoms with van der Waals surface area (Å²) in [6, 6.07) is 9.07. The van der Waals surface area contributed by atoms with Crippen molar-refractivity contribution in [1.82, 2.24) is 19.6 Å². The van der Waals surface area contributed by atoms with Crippen LogP contribution in [-0.2, 0) is 0 Å². The highest BCUT2D eigenvalue weighted by atomic mass is 32.2. The molecule has 3 heterocycles. The van der Waals surface area contributed by atoms with Crippen molar-refractivity contribution in [3.8, 4) is 0 Å². The molecule has 7 nitrogen and oxygen atoms in total. The predicted octanol–water partition coefficient (Wildman–Crippen LogP) is 1.37. The number of oxime groups is 1. The summed E-state index contributed by atoms with van der Waals surface area (Å²) in [5, 5.41) is 21.2. The maximum Gasteiger partial charge on any atom is 0.201 e. The number of rotatable bonds is 3. The quantitative estimate of drug-likeness (QED) is 0.326. The minimum absolute atomic E-state index is 0.0420. The van der Waals surface area contributed by atoms with Gasteiger partial charge in [-0.1, -0.05) is 11.2 Å². The van der Waals surface area contributed by atoms with Gasteiger partial charge in [-0.05, 0) is 36.0 Å². The Labute approximate surface area is 118 Å². The number of fused-ring (bicyclic) bond motifs is 1. The lowest BCUT2D eigenvalue weighted by Crippen LogP contribution is -2.13. The van der Waals surface area contributed by atoms with Crippen molar-refractivity contribution in [2.45, 2.75) is 10.2 Å². The normalized spacial score (nSPS) is 11.9. The summed E-state index contributed by atoms with van der Waals surface area (Å²) in [5.74, 6) is 0.0420. The van der Waals surface area contributed by atoms with E-state index in [1.54, 1.807) is 18.3 Å². The molecular weight excluding hydrogens is 276 g/mol. The standard InChI is InChI=1S/C12H10N6OS/c13-11(17-19)8-4-5-14-10(7-8)20-12-16-15-9-3-1-2-6-18(9)12/h1-7,19H,(H2,13,17). The van der Waals surface area contributed by atoms with Gasteiger partial charge < -0.3 is 10.9 Å². The Hall–Kier alpha value is -2.61. The summed E-state index contributed by atoms with van der Waals surface area (Å²) in [6.45, 7) is 0. The van der Waals surface area contributed by atoms with Crippen LogP contribution in [0, 0.1) is 0 Å². The Bertz CT molecular complexity index is 784. The smallest absolute Gasteiger partial charge is 0.201 e. The molecule has 0 saturated carbocycles. The van der Waals surface area contributed by atoms with E-state index in [2.05, 4.69) is 20.3 Å². The van der Waals surface area contributed by atoms with E-state index in [0.29, 0.717) is 15.7 Å². The van der Waals surface area contributed by atoms with Crippen LogP contribution in [0.15, 0.2) is 58.1 Å². The topological polar surface area (TPSA) is 102 Å². The third-order valence-corrected chi connectivity index (χ3v) is 3.51. The van der Waals surface area contributed by atoms with E-state index in [-0.39, 0.29) is 5.84 Å². The fraction of sp³-hybridized carbons (Fsp3) is 0. The molecule has 100 valence electrons. The molecule has 3 aromatic rings. The van der Waals surface area contributed by atoms with Crippen LogP contribution >= 0.6 is 11.8 Å². The van der Waals surface area contributed by atoms with Crippen molar-refractivity contribution in [1.29, 1.82) is 0 Å². The lowest BCUT2D eigenvalue weighted by molar-refractivity contribution is 0.318. The Morgan fingerprint density at radius 2 is 2.20 bits per heavy atom. The summed E-state index contributed by atoms with van der Waals surface area (Å²) in [7, 11) is 0. The molecule has 0 amide bonds. The van der Waals surface area contributed by atoms with Gasteiger partial charge in [-0.2, -0.15) is 0 Å². The summed E-state index contributed by atoms with van der Waals surface area (Å²) in [6.07, 6.45) is 3.48. The Morgan fingerprint density at radius 1 is 1.30 bits per heavy atom. The number of pyridine rings is 2. The van der Waals surface area contributed by atoms with Gasteiger partial charge >= 0.3 is 0 Å². The van der Waals surface area contributed by atoms with Crippen LogP contribution < -0.4 is 5.73 Å². The summed E-state index contributed by atoms with van der Waals surface area (Å²) in [5.41, 5.74) is 6.92. The highest BCUT2D eigenvalue weighted by Crippen LogP contribution is 2.25. The molecule has 0 aliphatic carbocycles. The van der Waals surface area contributed by atoms with Crippen LogP contribution in [0.3, 0.4) is 0 Å². The van der Waals surface area contributed by atoms with Gasteiger partial charge in [-0.25, -0.2) is 4.98 Å². The molecule has 0 aromatic carbocycles. The molecule has 0 bridgehead atoms. The maximum atomic E-state index is 8.69. The van der Waals surface area contributed by atoms with Crippen molar-refractivity contribution < 1.29 is 5.21 Å². The van der Waals surface area contributed by atoms with Crippen LogP contribution in [-0.4, -0.2) is 30.6 Å². The molecule has 0 fully saturated rings. The summed E-state index contributed by atoms with van der Waals surface area (Å²) >= 11 is 1.35. The van der Waals surface area contributed by atoms with E-state index in [1.807, 2.05) is 28.8 Å². The maximum absolute atomic E-state index is 8.69. The number of nitrogens with zero attached hydrogens (tertiary/aromatic N) is 5. The zero-order valence-electron chi connectivity index (χ0n) is 10.2. The Balaban J connectivity index is 1.95. The second-order valence-electron chi connectivity index (χ2n) is 3.88. The van der Waals surface area contributed by atoms with Gasteiger partial charge in [0.15, 0.2) is 11.5 Å². The number of hydrogen-bond donors (Lipinski definition) is 2. The van der Waals surface area contributed by atoms with Crippen LogP contribution in [0.5, 0.6) is 0 Å². The molecule has 3 rings (SSSR count). The van der Waals surface area contributed by atoms with E-state index in [0.717, 1.165) is 5.65 Å². The van der Waals surface area contributed by atoms with E-state index < -0.39 is 0 Å². The molecule has 0 atom stereocenters. The third kappa shape index (κ3) is 2.28. The van der Waals surface area contributed by atoms with Gasteiger partial charge in [-0.15, -0.1) is 10.2 Å². The number of amidine groups is 1. The number of aromatic nitrogens is 4. The molecule has 0 radical (unpaired) electrons. The first-order valence-corrected chi connectivity index (χ1v) is 6.51. The van der Waals surface area contributed by atoms with Gasteiger partial charge in [0.2, 0.25) is 5.16 Å². The van der Waals surface area contributed by atoms with E-state index in [1.165, 1.54) is 11.8 Å². The number of nitrogens with two attached hydrogens (primary N) is 1. The van der Waals surface area contributed by atoms with Crippen LogP contribution in [0.4, 0.5) is 0 Å². The van der Waals surface area contributed by atoms with Gasteiger partial charge in [-0.3, -0.25) is 4.40 Å². The SMILES string of the molecule is NC(=NO)c1ccnc(Sc2nnc3ccccn23)c1. The lowest BCUT2D eigenvalue weighted by Gasteiger charge is -2.02. The summed E-state index contributed by atoms with van der Waals surface area (Å²) < 4.78 is 1.86. The molecule has 8 heteroatoms. The minimum atomic E-state index is 0.0420. The van der Waals surface area contributed by atoms with Crippen molar-refractivity contribution in [3.63, 3.8) is 0 Å². The van der Waals surface area contributed by atoms with Crippen molar-refractivity contribution in [2.75, 3.05) is 0 Å². The van der Waals surface area contributed by atoms with Gasteiger partial charge in [0.1, 0.15) is 5.03 Å². The van der Waals surface area contributed by atoms with Crippen LogP contribution in [0.1, 0.15) is 5.56 Å². The molecule has 0 aliphatic rings. The van der Waals surface area contributed by atoms with Crippen LogP contribution in [0.25, 0.3) is 5.65 Å². The average Bonchev–Trinajstić information content (AvgIpc) is 2.90. The predicted molar refractivity (Wildman–Crippen MR) is 73.9 cm³/mol. The Kier molecular flexibility index (Phi) is 3.21. The average molecular weight is 286 g/mol. The highest BCUT2D eigenvalue weighted by molar-refractivity contribution is 7.99. The van der Waals surface area contributed by atoms with Crippen LogP contribution in [0.2, 0.25) is 0 Å². The first-order valence-electron chi connectivity index (χ1n) is 5.69. The van der Waals surface area contributed by atoms with E-state index >= 15 is 0 Å². The molecule has 3 aromatic heterocycles.